The Balaban J connectivity index is 1.98. The number of aromatic nitrogens is 2. The Morgan fingerprint density at radius 2 is 2.12 bits per heavy atom. The normalized spacial score (nSPS) is 23.9. The molecule has 1 unspecified atom stereocenters. The molecule has 96 valence electrons. The summed E-state index contributed by atoms with van der Waals surface area (Å²) in [5.74, 6) is 0. The van der Waals surface area contributed by atoms with Gasteiger partial charge in [0.05, 0.1) is 5.69 Å². The van der Waals surface area contributed by atoms with Gasteiger partial charge in [-0.2, -0.15) is 5.10 Å². The van der Waals surface area contributed by atoms with Gasteiger partial charge in [0, 0.05) is 23.8 Å². The van der Waals surface area contributed by atoms with Crippen molar-refractivity contribution >= 4 is 0 Å². The maximum absolute atomic E-state index is 4.25. The monoisotopic (exact) mass is 235 g/mol. The standard InChI is InChI=1S/C14H25N3/c1-10-12(11(2)17-16-10)9-15-13-7-5-6-8-14(13,3)4/h13,15H,5-9H2,1-4H3,(H,16,17). The SMILES string of the molecule is Cc1n[nH]c(C)c1CNC1CCCCC1(C)C. The van der Waals surface area contributed by atoms with E-state index >= 15 is 0 Å². The molecule has 1 aromatic rings. The van der Waals surface area contributed by atoms with Gasteiger partial charge < -0.3 is 5.32 Å². The van der Waals surface area contributed by atoms with Crippen LogP contribution in [0.2, 0.25) is 0 Å². The minimum absolute atomic E-state index is 0.434. The van der Waals surface area contributed by atoms with E-state index < -0.39 is 0 Å². The summed E-state index contributed by atoms with van der Waals surface area (Å²) in [6, 6.07) is 0.643. The van der Waals surface area contributed by atoms with Crippen molar-refractivity contribution in [2.75, 3.05) is 0 Å². The van der Waals surface area contributed by atoms with E-state index in [2.05, 4.69) is 43.2 Å². The Morgan fingerprint density at radius 1 is 1.35 bits per heavy atom. The zero-order chi connectivity index (χ0) is 12.5. The van der Waals surface area contributed by atoms with E-state index in [0.717, 1.165) is 12.2 Å². The molecule has 0 aliphatic heterocycles. The second-order valence-corrected chi connectivity index (χ2v) is 6.08. The van der Waals surface area contributed by atoms with Crippen LogP contribution in [0.1, 0.15) is 56.5 Å². The molecule has 0 aromatic carbocycles. The Hall–Kier alpha value is -0.830. The molecule has 1 aromatic heterocycles. The lowest BCUT2D eigenvalue weighted by molar-refractivity contribution is 0.166. The van der Waals surface area contributed by atoms with Gasteiger partial charge in [-0.25, -0.2) is 0 Å². The lowest BCUT2D eigenvalue weighted by Gasteiger charge is -2.39. The van der Waals surface area contributed by atoms with Gasteiger partial charge in [0.25, 0.3) is 0 Å². The van der Waals surface area contributed by atoms with Crippen molar-refractivity contribution < 1.29 is 0 Å². The van der Waals surface area contributed by atoms with E-state index in [9.17, 15) is 0 Å². The molecule has 2 N–H and O–H groups in total. The molecule has 1 aliphatic rings. The summed E-state index contributed by atoms with van der Waals surface area (Å²) in [6.07, 6.45) is 5.40. The van der Waals surface area contributed by atoms with Crippen LogP contribution >= 0.6 is 0 Å². The van der Waals surface area contributed by atoms with Crippen molar-refractivity contribution in [2.45, 2.75) is 66.0 Å². The van der Waals surface area contributed by atoms with Crippen LogP contribution in [0.25, 0.3) is 0 Å². The number of H-pyrrole nitrogens is 1. The zero-order valence-corrected chi connectivity index (χ0v) is 11.6. The predicted octanol–water partition coefficient (Wildman–Crippen LogP) is 3.08. The molecular formula is C14H25N3. The highest BCUT2D eigenvalue weighted by molar-refractivity contribution is 5.22. The molecule has 17 heavy (non-hydrogen) atoms. The van der Waals surface area contributed by atoms with Crippen LogP contribution < -0.4 is 5.32 Å². The second kappa shape index (κ2) is 4.81. The Morgan fingerprint density at radius 3 is 2.71 bits per heavy atom. The molecule has 1 saturated carbocycles. The molecular weight excluding hydrogens is 210 g/mol. The zero-order valence-electron chi connectivity index (χ0n) is 11.6. The van der Waals surface area contributed by atoms with Crippen LogP contribution in [0.3, 0.4) is 0 Å². The third-order valence-electron chi connectivity index (χ3n) is 4.31. The van der Waals surface area contributed by atoms with Gasteiger partial charge in [0.15, 0.2) is 0 Å². The molecule has 0 radical (unpaired) electrons. The van der Waals surface area contributed by atoms with Gasteiger partial charge in [0.2, 0.25) is 0 Å². The van der Waals surface area contributed by atoms with Gasteiger partial charge in [-0.15, -0.1) is 0 Å². The van der Waals surface area contributed by atoms with Gasteiger partial charge in [-0.3, -0.25) is 5.10 Å². The van der Waals surface area contributed by atoms with E-state index in [-0.39, 0.29) is 0 Å². The quantitative estimate of drug-likeness (QED) is 0.845. The lowest BCUT2D eigenvalue weighted by atomic mass is 9.73. The largest absolute Gasteiger partial charge is 0.309 e. The minimum atomic E-state index is 0.434. The fraction of sp³-hybridized carbons (Fsp3) is 0.786. The third kappa shape index (κ3) is 2.71. The number of aryl methyl sites for hydroxylation is 2. The molecule has 1 heterocycles. The lowest BCUT2D eigenvalue weighted by Crippen LogP contribution is -2.43. The highest BCUT2D eigenvalue weighted by Gasteiger charge is 2.31. The van der Waals surface area contributed by atoms with Crippen LogP contribution in [-0.2, 0) is 6.54 Å². The molecule has 3 nitrogen and oxygen atoms in total. The fourth-order valence-electron chi connectivity index (χ4n) is 2.93. The van der Waals surface area contributed by atoms with E-state index in [1.807, 2.05) is 0 Å². The first-order valence-electron chi connectivity index (χ1n) is 6.74. The van der Waals surface area contributed by atoms with E-state index in [0.29, 0.717) is 11.5 Å². The summed E-state index contributed by atoms with van der Waals surface area (Å²) in [6.45, 7) is 9.90. The van der Waals surface area contributed by atoms with Gasteiger partial charge >= 0.3 is 0 Å². The molecule has 0 spiro atoms. The third-order valence-corrected chi connectivity index (χ3v) is 4.31. The Bertz CT molecular complexity index is 359. The smallest absolute Gasteiger partial charge is 0.0638 e. The van der Waals surface area contributed by atoms with E-state index in [4.69, 9.17) is 0 Å². The summed E-state index contributed by atoms with van der Waals surface area (Å²) in [7, 11) is 0. The van der Waals surface area contributed by atoms with Crippen molar-refractivity contribution in [3.63, 3.8) is 0 Å². The summed E-state index contributed by atoms with van der Waals surface area (Å²) in [4.78, 5) is 0. The molecule has 3 heteroatoms. The van der Waals surface area contributed by atoms with Crippen LogP contribution in [0.15, 0.2) is 0 Å². The predicted molar refractivity (Wildman–Crippen MR) is 70.9 cm³/mol. The molecule has 2 rings (SSSR count). The van der Waals surface area contributed by atoms with Crippen LogP contribution in [0.5, 0.6) is 0 Å². The number of rotatable bonds is 3. The van der Waals surface area contributed by atoms with Crippen molar-refractivity contribution in [3.05, 3.63) is 17.0 Å². The van der Waals surface area contributed by atoms with Crippen molar-refractivity contribution in [1.82, 2.24) is 15.5 Å². The summed E-state index contributed by atoms with van der Waals surface area (Å²) in [5, 5.41) is 11.0. The number of nitrogens with one attached hydrogen (secondary N) is 2. The Labute approximate surface area is 104 Å². The number of hydrogen-bond acceptors (Lipinski definition) is 2. The maximum atomic E-state index is 4.25. The van der Waals surface area contributed by atoms with Crippen molar-refractivity contribution in [1.29, 1.82) is 0 Å². The first-order valence-corrected chi connectivity index (χ1v) is 6.74. The second-order valence-electron chi connectivity index (χ2n) is 6.08. The first kappa shape index (κ1) is 12.6. The van der Waals surface area contributed by atoms with Gasteiger partial charge in [-0.05, 0) is 32.1 Å². The average Bonchev–Trinajstić information content (AvgIpc) is 2.57. The van der Waals surface area contributed by atoms with E-state index in [1.54, 1.807) is 0 Å². The molecule has 1 atom stereocenters. The maximum Gasteiger partial charge on any atom is 0.0638 e. The number of nitrogens with zero attached hydrogens (tertiary/aromatic N) is 1. The highest BCUT2D eigenvalue weighted by atomic mass is 15.1. The number of hydrogen-bond donors (Lipinski definition) is 2. The summed E-state index contributed by atoms with van der Waals surface area (Å²) < 4.78 is 0. The first-order chi connectivity index (χ1) is 8.00. The van der Waals surface area contributed by atoms with Crippen LogP contribution in [0, 0.1) is 19.3 Å². The average molecular weight is 235 g/mol. The van der Waals surface area contributed by atoms with Crippen molar-refractivity contribution in [3.8, 4) is 0 Å². The molecule has 0 amide bonds. The van der Waals surface area contributed by atoms with E-state index in [1.165, 1.54) is 36.9 Å². The molecule has 1 aliphatic carbocycles. The van der Waals surface area contributed by atoms with Crippen molar-refractivity contribution in [2.24, 2.45) is 5.41 Å². The minimum Gasteiger partial charge on any atom is -0.309 e. The summed E-state index contributed by atoms with van der Waals surface area (Å²) >= 11 is 0. The van der Waals surface area contributed by atoms with Gasteiger partial charge in [0.1, 0.15) is 0 Å². The Kier molecular flexibility index (Phi) is 3.57. The fourth-order valence-corrected chi connectivity index (χ4v) is 2.93. The van der Waals surface area contributed by atoms with Crippen LogP contribution in [0.4, 0.5) is 0 Å². The molecule has 1 fully saturated rings. The summed E-state index contributed by atoms with van der Waals surface area (Å²) in [5.41, 5.74) is 4.10. The number of aromatic amines is 1. The molecule has 0 bridgehead atoms. The topological polar surface area (TPSA) is 40.7 Å². The van der Waals surface area contributed by atoms with Crippen LogP contribution in [-0.4, -0.2) is 16.2 Å². The molecule has 0 saturated heterocycles. The highest BCUT2D eigenvalue weighted by Crippen LogP contribution is 2.35. The van der Waals surface area contributed by atoms with Gasteiger partial charge in [-0.1, -0.05) is 26.7 Å².